The highest BCUT2D eigenvalue weighted by Crippen LogP contribution is 2.42. The Kier molecular flexibility index (Phi) is 11.0. The third-order valence-electron chi connectivity index (χ3n) is 6.36. The second-order valence-corrected chi connectivity index (χ2v) is 9.24. The van der Waals surface area contributed by atoms with E-state index in [4.69, 9.17) is 35.3 Å². The number of hydrogen-bond acceptors (Lipinski definition) is 8. The van der Waals surface area contributed by atoms with Crippen LogP contribution >= 0.6 is 11.6 Å². The van der Waals surface area contributed by atoms with E-state index in [1.807, 2.05) is 0 Å². The molecule has 1 N–H and O–H groups in total. The summed E-state index contributed by atoms with van der Waals surface area (Å²) in [6.45, 7) is 3.65. The fourth-order valence-electron chi connectivity index (χ4n) is 4.28. The number of carbonyl (C=O) groups is 2. The van der Waals surface area contributed by atoms with Crippen molar-refractivity contribution in [2.45, 2.75) is 26.5 Å². The van der Waals surface area contributed by atoms with Gasteiger partial charge in [-0.15, -0.1) is 0 Å². The summed E-state index contributed by atoms with van der Waals surface area (Å²) in [7, 11) is 6.03. The molecular weight excluding hydrogens is 550 g/mol. The quantitative estimate of drug-likeness (QED) is 0.223. The van der Waals surface area contributed by atoms with Crippen LogP contribution in [0.3, 0.4) is 0 Å². The number of esters is 1. The standard InChI is InChI=1S/C31H34ClNO8/c1-7-41-29(35)14-13-28(34)33(18-20-11-12-21(37-3)16-27(20)39-5)25-15-19(2)24(32)17-23(25)30(36)22-9-8-10-26(38-4)31(22)40-6/h8-17,30,36H,7,18H2,1-6H3. The fourth-order valence-corrected chi connectivity index (χ4v) is 4.46. The number of aliphatic hydroxyl groups excluding tert-OH is 1. The molecule has 0 saturated carbocycles. The van der Waals surface area contributed by atoms with Crippen molar-refractivity contribution in [3.8, 4) is 23.0 Å². The molecule has 0 aliphatic carbocycles. The largest absolute Gasteiger partial charge is 0.497 e. The number of aryl methyl sites for hydroxylation is 1. The molecule has 1 atom stereocenters. The number of halogens is 1. The number of benzene rings is 3. The maximum Gasteiger partial charge on any atom is 0.330 e. The first-order valence-electron chi connectivity index (χ1n) is 12.7. The Bertz CT molecular complexity index is 1420. The molecule has 0 radical (unpaired) electrons. The highest BCUT2D eigenvalue weighted by molar-refractivity contribution is 6.31. The SMILES string of the molecule is CCOC(=O)C=CC(=O)N(Cc1ccc(OC)cc1OC)c1cc(C)c(Cl)cc1C(O)c1cccc(OC)c1OC. The highest BCUT2D eigenvalue weighted by Gasteiger charge is 2.27. The number of amides is 1. The third-order valence-corrected chi connectivity index (χ3v) is 6.77. The van der Waals surface area contributed by atoms with Gasteiger partial charge in [0.05, 0.1) is 47.3 Å². The second kappa shape index (κ2) is 14.4. The van der Waals surface area contributed by atoms with Crippen molar-refractivity contribution < 1.29 is 38.4 Å². The summed E-state index contributed by atoms with van der Waals surface area (Å²) in [5.74, 6) is 0.632. The van der Waals surface area contributed by atoms with Crippen LogP contribution in [0.15, 0.2) is 60.7 Å². The number of anilines is 1. The Balaban J connectivity index is 2.22. The van der Waals surface area contributed by atoms with E-state index in [1.165, 1.54) is 26.2 Å². The topological polar surface area (TPSA) is 104 Å². The molecule has 41 heavy (non-hydrogen) atoms. The second-order valence-electron chi connectivity index (χ2n) is 8.83. The van der Waals surface area contributed by atoms with E-state index in [-0.39, 0.29) is 13.2 Å². The summed E-state index contributed by atoms with van der Waals surface area (Å²) in [5, 5.41) is 12.1. The van der Waals surface area contributed by atoms with Gasteiger partial charge in [-0.1, -0.05) is 23.7 Å². The van der Waals surface area contributed by atoms with Crippen LogP contribution in [-0.4, -0.2) is 52.0 Å². The molecule has 3 rings (SSSR count). The van der Waals surface area contributed by atoms with E-state index < -0.39 is 18.0 Å². The maximum atomic E-state index is 13.7. The molecule has 0 saturated heterocycles. The van der Waals surface area contributed by atoms with Crippen LogP contribution in [-0.2, 0) is 20.9 Å². The highest BCUT2D eigenvalue weighted by atomic mass is 35.5. The molecule has 0 aliphatic rings. The minimum atomic E-state index is -1.27. The molecule has 0 bridgehead atoms. The van der Waals surface area contributed by atoms with Gasteiger partial charge in [-0.3, -0.25) is 4.79 Å². The zero-order valence-electron chi connectivity index (χ0n) is 23.9. The average Bonchev–Trinajstić information content (AvgIpc) is 2.99. The molecule has 1 unspecified atom stereocenters. The summed E-state index contributed by atoms with van der Waals surface area (Å²) >= 11 is 6.53. The van der Waals surface area contributed by atoms with Gasteiger partial charge in [0.2, 0.25) is 0 Å². The Morgan fingerprint density at radius 3 is 2.29 bits per heavy atom. The number of carbonyl (C=O) groups excluding carboxylic acids is 2. The molecule has 0 spiro atoms. The Morgan fingerprint density at radius 1 is 0.927 bits per heavy atom. The summed E-state index contributed by atoms with van der Waals surface area (Å²) in [4.78, 5) is 27.2. The summed E-state index contributed by atoms with van der Waals surface area (Å²) in [6.07, 6.45) is 0.920. The van der Waals surface area contributed by atoms with E-state index in [9.17, 15) is 14.7 Å². The Morgan fingerprint density at radius 2 is 1.66 bits per heavy atom. The lowest BCUT2D eigenvalue weighted by Gasteiger charge is -2.28. The summed E-state index contributed by atoms with van der Waals surface area (Å²) in [6, 6.07) is 13.7. The zero-order valence-corrected chi connectivity index (χ0v) is 24.7. The minimum Gasteiger partial charge on any atom is -0.497 e. The van der Waals surface area contributed by atoms with Gasteiger partial charge in [-0.05, 0) is 49.7 Å². The van der Waals surface area contributed by atoms with Crippen molar-refractivity contribution in [1.82, 2.24) is 0 Å². The van der Waals surface area contributed by atoms with Crippen LogP contribution < -0.4 is 23.8 Å². The van der Waals surface area contributed by atoms with Crippen molar-refractivity contribution in [2.75, 3.05) is 39.9 Å². The van der Waals surface area contributed by atoms with E-state index in [0.717, 1.165) is 12.2 Å². The molecule has 1 amide bonds. The number of methoxy groups -OCH3 is 4. The first-order valence-corrected chi connectivity index (χ1v) is 13.1. The van der Waals surface area contributed by atoms with Gasteiger partial charge >= 0.3 is 5.97 Å². The van der Waals surface area contributed by atoms with Crippen LogP contribution in [0.5, 0.6) is 23.0 Å². The lowest BCUT2D eigenvalue weighted by Crippen LogP contribution is -2.31. The van der Waals surface area contributed by atoms with E-state index in [2.05, 4.69) is 0 Å². The van der Waals surface area contributed by atoms with Crippen molar-refractivity contribution in [3.05, 3.63) is 88.0 Å². The molecule has 218 valence electrons. The van der Waals surface area contributed by atoms with Gasteiger partial charge < -0.3 is 33.7 Å². The first-order chi connectivity index (χ1) is 19.7. The molecule has 3 aromatic carbocycles. The molecule has 3 aromatic rings. The zero-order chi connectivity index (χ0) is 30.1. The monoisotopic (exact) mass is 583 g/mol. The van der Waals surface area contributed by atoms with Crippen molar-refractivity contribution in [1.29, 1.82) is 0 Å². The molecule has 0 heterocycles. The molecule has 10 heteroatoms. The van der Waals surface area contributed by atoms with Crippen LogP contribution in [0, 0.1) is 6.92 Å². The van der Waals surface area contributed by atoms with Gasteiger partial charge in [0.15, 0.2) is 11.5 Å². The minimum absolute atomic E-state index is 0.0230. The molecule has 0 aliphatic heterocycles. The lowest BCUT2D eigenvalue weighted by molar-refractivity contribution is -0.137. The average molecular weight is 584 g/mol. The normalized spacial score (nSPS) is 11.6. The van der Waals surface area contributed by atoms with Gasteiger partial charge in [0.1, 0.15) is 17.6 Å². The lowest BCUT2D eigenvalue weighted by atomic mass is 9.96. The van der Waals surface area contributed by atoms with Crippen LogP contribution in [0.1, 0.15) is 35.3 Å². The van der Waals surface area contributed by atoms with E-state index in [1.54, 1.807) is 69.5 Å². The fraction of sp³-hybridized carbons (Fsp3) is 0.290. The summed E-state index contributed by atoms with van der Waals surface area (Å²) < 4.78 is 26.8. The number of ether oxygens (including phenoxy) is 5. The smallest absolute Gasteiger partial charge is 0.330 e. The maximum absolute atomic E-state index is 13.7. The van der Waals surface area contributed by atoms with Crippen LogP contribution in [0.25, 0.3) is 0 Å². The molecule has 0 aromatic heterocycles. The number of nitrogens with zero attached hydrogens (tertiary/aromatic N) is 1. The van der Waals surface area contributed by atoms with E-state index >= 15 is 0 Å². The van der Waals surface area contributed by atoms with E-state index in [0.29, 0.717) is 56.0 Å². The molecule has 9 nitrogen and oxygen atoms in total. The van der Waals surface area contributed by atoms with Gasteiger partial charge in [-0.25, -0.2) is 4.79 Å². The molecule has 0 fully saturated rings. The Hall–Kier alpha value is -4.21. The Labute approximate surface area is 244 Å². The van der Waals surface area contributed by atoms with Crippen LogP contribution in [0.4, 0.5) is 5.69 Å². The number of hydrogen-bond donors (Lipinski definition) is 1. The number of aliphatic hydroxyl groups is 1. The number of rotatable bonds is 12. The van der Waals surface area contributed by atoms with Crippen molar-refractivity contribution >= 4 is 29.2 Å². The van der Waals surface area contributed by atoms with Gasteiger partial charge in [-0.2, -0.15) is 0 Å². The van der Waals surface area contributed by atoms with Gasteiger partial charge in [0.25, 0.3) is 5.91 Å². The molecular formula is C31H34ClNO8. The third kappa shape index (κ3) is 7.31. The predicted octanol–water partition coefficient (Wildman–Crippen LogP) is 5.42. The predicted molar refractivity (Wildman–Crippen MR) is 156 cm³/mol. The summed E-state index contributed by atoms with van der Waals surface area (Å²) in [5.41, 5.74) is 2.42. The number of para-hydroxylation sites is 1. The van der Waals surface area contributed by atoms with Crippen molar-refractivity contribution in [2.24, 2.45) is 0 Å². The van der Waals surface area contributed by atoms with Crippen molar-refractivity contribution in [3.63, 3.8) is 0 Å². The van der Waals surface area contributed by atoms with Crippen LogP contribution in [0.2, 0.25) is 5.02 Å². The van der Waals surface area contributed by atoms with Gasteiger partial charge in [0, 0.05) is 39.9 Å². The first kappa shape index (κ1) is 31.3.